The number of fused-ring (bicyclic) bond motifs is 1. The van der Waals surface area contributed by atoms with Crippen molar-refractivity contribution in [2.24, 2.45) is 17.0 Å². The van der Waals surface area contributed by atoms with Crippen LogP contribution in [0.2, 0.25) is 0 Å². The van der Waals surface area contributed by atoms with Gasteiger partial charge in [-0.05, 0) is 37.2 Å². The monoisotopic (exact) mass is 247 g/mol. The van der Waals surface area contributed by atoms with E-state index in [1.165, 1.54) is 11.3 Å². The van der Waals surface area contributed by atoms with Crippen LogP contribution in [0.3, 0.4) is 0 Å². The summed E-state index contributed by atoms with van der Waals surface area (Å²) < 4.78 is 6.05. The second-order valence-corrected chi connectivity index (χ2v) is 5.64. The van der Waals surface area contributed by atoms with Crippen LogP contribution in [0.1, 0.15) is 32.6 Å². The fraction of sp³-hybridized carbons (Fsp3) is 0.667. The number of ether oxygens (including phenoxy) is 1. The zero-order chi connectivity index (χ0) is 12.4. The summed E-state index contributed by atoms with van der Waals surface area (Å²) in [5, 5.41) is 4.09. The third kappa shape index (κ3) is 2.66. The Morgan fingerprint density at radius 1 is 1.50 bits per heavy atom. The molecule has 0 saturated heterocycles. The van der Waals surface area contributed by atoms with Gasteiger partial charge in [-0.2, -0.15) is 0 Å². The molecule has 3 rings (SSSR count). The molecule has 0 N–H and O–H groups in total. The van der Waals surface area contributed by atoms with Gasteiger partial charge in [0.1, 0.15) is 6.61 Å². The maximum atomic E-state index is 6.05. The fourth-order valence-electron chi connectivity index (χ4n) is 2.96. The second kappa shape index (κ2) is 5.27. The van der Waals surface area contributed by atoms with Crippen LogP contribution in [0.5, 0.6) is 0 Å². The largest absolute Gasteiger partial charge is 0.395 e. The molecule has 0 bridgehead atoms. The average molecular weight is 247 g/mol. The van der Waals surface area contributed by atoms with Gasteiger partial charge >= 0.3 is 0 Å². The molecule has 1 fully saturated rings. The SMILES string of the molecule is CC1C=C(COC2CCC3=NOCC3C2)C=CC1. The van der Waals surface area contributed by atoms with E-state index in [-0.39, 0.29) is 0 Å². The number of hydrogen-bond donors (Lipinski definition) is 0. The Labute approximate surface area is 109 Å². The Morgan fingerprint density at radius 3 is 3.33 bits per heavy atom. The van der Waals surface area contributed by atoms with Crippen LogP contribution >= 0.6 is 0 Å². The third-order valence-electron chi connectivity index (χ3n) is 4.02. The van der Waals surface area contributed by atoms with Crippen molar-refractivity contribution in [1.82, 2.24) is 0 Å². The molecule has 0 aromatic rings. The lowest BCUT2D eigenvalue weighted by atomic mass is 9.86. The number of nitrogens with zero attached hydrogens (tertiary/aromatic N) is 1. The molecule has 0 amide bonds. The highest BCUT2D eigenvalue weighted by Gasteiger charge is 2.31. The highest BCUT2D eigenvalue weighted by molar-refractivity contribution is 5.88. The Hall–Kier alpha value is -1.09. The zero-order valence-electron chi connectivity index (χ0n) is 11.0. The van der Waals surface area contributed by atoms with Crippen molar-refractivity contribution in [1.29, 1.82) is 0 Å². The van der Waals surface area contributed by atoms with Crippen LogP contribution in [0.4, 0.5) is 0 Å². The van der Waals surface area contributed by atoms with E-state index in [0.717, 1.165) is 38.9 Å². The molecule has 3 heteroatoms. The highest BCUT2D eigenvalue weighted by Crippen LogP contribution is 2.29. The summed E-state index contributed by atoms with van der Waals surface area (Å²) >= 11 is 0. The Balaban J connectivity index is 1.49. The number of allylic oxidation sites excluding steroid dienone is 2. The van der Waals surface area contributed by atoms with Crippen LogP contribution in [-0.2, 0) is 9.57 Å². The third-order valence-corrected chi connectivity index (χ3v) is 4.02. The Bertz CT molecular complexity index is 397. The zero-order valence-corrected chi connectivity index (χ0v) is 11.0. The van der Waals surface area contributed by atoms with Gasteiger partial charge in [0.2, 0.25) is 0 Å². The second-order valence-electron chi connectivity index (χ2n) is 5.64. The smallest absolute Gasteiger partial charge is 0.125 e. The van der Waals surface area contributed by atoms with Crippen molar-refractivity contribution in [3.8, 4) is 0 Å². The quantitative estimate of drug-likeness (QED) is 0.767. The van der Waals surface area contributed by atoms with Crippen molar-refractivity contribution in [2.45, 2.75) is 38.7 Å². The van der Waals surface area contributed by atoms with E-state index in [1.807, 2.05) is 0 Å². The molecule has 0 spiro atoms. The van der Waals surface area contributed by atoms with Gasteiger partial charge in [-0.1, -0.05) is 30.3 Å². The molecule has 3 unspecified atom stereocenters. The van der Waals surface area contributed by atoms with E-state index in [1.54, 1.807) is 0 Å². The predicted octanol–water partition coefficient (Wildman–Crippen LogP) is 3.08. The molecule has 1 saturated carbocycles. The van der Waals surface area contributed by atoms with E-state index < -0.39 is 0 Å². The molecule has 3 aliphatic rings. The Kier molecular flexibility index (Phi) is 3.50. The number of oxime groups is 1. The molecule has 98 valence electrons. The van der Waals surface area contributed by atoms with Crippen LogP contribution in [-0.4, -0.2) is 25.0 Å². The molecule has 0 radical (unpaired) electrons. The standard InChI is InChI=1S/C15H21NO2/c1-11-3-2-4-12(7-11)9-17-14-5-6-15-13(8-14)10-18-16-15/h2,4,7,11,13-14H,3,5-6,8-10H2,1H3. The van der Waals surface area contributed by atoms with Gasteiger partial charge in [0, 0.05) is 5.92 Å². The first-order valence-corrected chi connectivity index (χ1v) is 6.99. The highest BCUT2D eigenvalue weighted by atomic mass is 16.6. The molecule has 0 aromatic carbocycles. The van der Waals surface area contributed by atoms with Gasteiger partial charge in [0.25, 0.3) is 0 Å². The van der Waals surface area contributed by atoms with Crippen molar-refractivity contribution < 1.29 is 9.57 Å². The van der Waals surface area contributed by atoms with Gasteiger partial charge in [0.15, 0.2) is 0 Å². The van der Waals surface area contributed by atoms with Crippen molar-refractivity contribution in [3.05, 3.63) is 23.8 Å². The molecule has 18 heavy (non-hydrogen) atoms. The minimum Gasteiger partial charge on any atom is -0.395 e. The van der Waals surface area contributed by atoms with Gasteiger partial charge in [0.05, 0.1) is 18.4 Å². The van der Waals surface area contributed by atoms with Crippen LogP contribution in [0.25, 0.3) is 0 Å². The van der Waals surface area contributed by atoms with Crippen molar-refractivity contribution in [3.63, 3.8) is 0 Å². The van der Waals surface area contributed by atoms with E-state index in [0.29, 0.717) is 17.9 Å². The van der Waals surface area contributed by atoms with Crippen LogP contribution < -0.4 is 0 Å². The van der Waals surface area contributed by atoms with E-state index in [9.17, 15) is 0 Å². The van der Waals surface area contributed by atoms with Crippen molar-refractivity contribution >= 4 is 5.71 Å². The molecule has 3 atom stereocenters. The van der Waals surface area contributed by atoms with Crippen molar-refractivity contribution in [2.75, 3.05) is 13.2 Å². The first-order chi connectivity index (χ1) is 8.81. The van der Waals surface area contributed by atoms with E-state index >= 15 is 0 Å². The molecule has 0 aromatic heterocycles. The topological polar surface area (TPSA) is 30.8 Å². The average Bonchev–Trinajstić information content (AvgIpc) is 2.84. The summed E-state index contributed by atoms with van der Waals surface area (Å²) in [6, 6.07) is 0. The van der Waals surface area contributed by atoms with Gasteiger partial charge < -0.3 is 9.57 Å². The lowest BCUT2D eigenvalue weighted by molar-refractivity contribution is 0.0408. The fourth-order valence-corrected chi connectivity index (χ4v) is 2.96. The minimum absolute atomic E-state index is 0.377. The van der Waals surface area contributed by atoms with Crippen LogP contribution in [0, 0.1) is 11.8 Å². The lowest BCUT2D eigenvalue weighted by Gasteiger charge is -2.26. The normalized spacial score (nSPS) is 34.6. The maximum Gasteiger partial charge on any atom is 0.125 e. The summed E-state index contributed by atoms with van der Waals surface area (Å²) in [4.78, 5) is 5.16. The lowest BCUT2D eigenvalue weighted by Crippen LogP contribution is -2.29. The summed E-state index contributed by atoms with van der Waals surface area (Å²) in [7, 11) is 0. The van der Waals surface area contributed by atoms with E-state index in [4.69, 9.17) is 9.57 Å². The molecule has 1 aliphatic heterocycles. The summed E-state index contributed by atoms with van der Waals surface area (Å²) in [5.41, 5.74) is 2.58. The van der Waals surface area contributed by atoms with Gasteiger partial charge in [-0.15, -0.1) is 0 Å². The number of rotatable bonds is 3. The maximum absolute atomic E-state index is 6.05. The van der Waals surface area contributed by atoms with Gasteiger partial charge in [-0.3, -0.25) is 0 Å². The first kappa shape index (κ1) is 12.0. The summed E-state index contributed by atoms with van der Waals surface area (Å²) in [6.07, 6.45) is 11.5. The Morgan fingerprint density at radius 2 is 2.44 bits per heavy atom. The van der Waals surface area contributed by atoms with Crippen LogP contribution in [0.15, 0.2) is 29.0 Å². The molecular formula is C15H21NO2. The summed E-state index contributed by atoms with van der Waals surface area (Å²) in [6.45, 7) is 3.77. The minimum atomic E-state index is 0.377. The van der Waals surface area contributed by atoms with Gasteiger partial charge in [-0.25, -0.2) is 0 Å². The molecule has 1 heterocycles. The number of hydrogen-bond acceptors (Lipinski definition) is 3. The predicted molar refractivity (Wildman–Crippen MR) is 71.5 cm³/mol. The first-order valence-electron chi connectivity index (χ1n) is 6.99. The molecule has 2 aliphatic carbocycles. The molecule has 3 nitrogen and oxygen atoms in total. The summed E-state index contributed by atoms with van der Waals surface area (Å²) in [5.74, 6) is 1.17. The van der Waals surface area contributed by atoms with E-state index in [2.05, 4.69) is 30.3 Å². The molecular weight excluding hydrogens is 226 g/mol.